The standard InChI is InChI=1S/C22H23N5O3S/c23-22(24-14-28)26-21-13-19(15-6-2-1-3-7-15)25-20-12-16(10-11-18(20)21)27-31(29,30)17-8-4-5-9-17/h1-3,6-7,10-14,17,27H,4-5,8-9H2,(H3,23,24,25,26,28). The second kappa shape index (κ2) is 8.73. The van der Waals surface area contributed by atoms with Gasteiger partial charge >= 0.3 is 0 Å². The number of hydrogen-bond donors (Lipinski definition) is 4. The average Bonchev–Trinajstić information content (AvgIpc) is 3.30. The summed E-state index contributed by atoms with van der Waals surface area (Å²) in [5, 5.41) is 13.3. The van der Waals surface area contributed by atoms with Gasteiger partial charge in [-0.15, -0.1) is 0 Å². The molecule has 160 valence electrons. The first-order valence-electron chi connectivity index (χ1n) is 10.0. The first kappa shape index (κ1) is 20.8. The third-order valence-electron chi connectivity index (χ3n) is 5.34. The summed E-state index contributed by atoms with van der Waals surface area (Å²) in [7, 11) is -3.46. The van der Waals surface area contributed by atoms with Crippen LogP contribution in [0.3, 0.4) is 0 Å². The smallest absolute Gasteiger partial charge is 0.235 e. The van der Waals surface area contributed by atoms with Crippen LogP contribution in [0.2, 0.25) is 0 Å². The maximum atomic E-state index is 12.7. The largest absolute Gasteiger partial charge is 0.325 e. The molecule has 0 bridgehead atoms. The Labute approximate surface area is 180 Å². The first-order valence-corrected chi connectivity index (χ1v) is 11.6. The van der Waals surface area contributed by atoms with Gasteiger partial charge in [-0.05, 0) is 37.1 Å². The van der Waals surface area contributed by atoms with Gasteiger partial charge in [0.05, 0.1) is 27.8 Å². The first-order chi connectivity index (χ1) is 15.0. The summed E-state index contributed by atoms with van der Waals surface area (Å²) in [5.41, 5.74) is 3.12. The van der Waals surface area contributed by atoms with Gasteiger partial charge < -0.3 is 5.32 Å². The fourth-order valence-electron chi connectivity index (χ4n) is 3.83. The van der Waals surface area contributed by atoms with Gasteiger partial charge in [0.2, 0.25) is 16.4 Å². The van der Waals surface area contributed by atoms with Crippen molar-refractivity contribution in [2.45, 2.75) is 30.9 Å². The third kappa shape index (κ3) is 4.66. The monoisotopic (exact) mass is 437 g/mol. The summed E-state index contributed by atoms with van der Waals surface area (Å²) < 4.78 is 28.1. The number of nitrogens with one attached hydrogen (secondary N) is 4. The van der Waals surface area contributed by atoms with Crippen molar-refractivity contribution in [3.63, 3.8) is 0 Å². The van der Waals surface area contributed by atoms with Gasteiger partial charge in [0.25, 0.3) is 0 Å². The Hall–Kier alpha value is -3.46. The minimum Gasteiger partial charge on any atom is -0.325 e. The van der Waals surface area contributed by atoms with Gasteiger partial charge in [0.1, 0.15) is 0 Å². The van der Waals surface area contributed by atoms with E-state index in [1.54, 1.807) is 24.3 Å². The maximum Gasteiger partial charge on any atom is 0.235 e. The molecule has 2 aromatic carbocycles. The lowest BCUT2D eigenvalue weighted by molar-refractivity contribution is -0.108. The van der Waals surface area contributed by atoms with Crippen LogP contribution in [0.15, 0.2) is 54.6 Å². The fourth-order valence-corrected chi connectivity index (χ4v) is 5.40. The van der Waals surface area contributed by atoms with Gasteiger partial charge in [-0.2, -0.15) is 0 Å². The van der Waals surface area contributed by atoms with Crippen molar-refractivity contribution in [1.82, 2.24) is 10.3 Å². The van der Waals surface area contributed by atoms with Crippen LogP contribution in [0.5, 0.6) is 0 Å². The molecule has 9 heteroatoms. The molecule has 1 fully saturated rings. The van der Waals surface area contributed by atoms with Crippen molar-refractivity contribution in [3.05, 3.63) is 54.6 Å². The van der Waals surface area contributed by atoms with Gasteiger partial charge in [0.15, 0.2) is 5.96 Å². The molecule has 31 heavy (non-hydrogen) atoms. The van der Waals surface area contributed by atoms with E-state index in [9.17, 15) is 13.2 Å². The van der Waals surface area contributed by atoms with Gasteiger partial charge in [-0.3, -0.25) is 20.2 Å². The Balaban J connectivity index is 1.75. The molecule has 0 radical (unpaired) electrons. The van der Waals surface area contributed by atoms with E-state index in [1.165, 1.54) is 0 Å². The Kier molecular flexibility index (Phi) is 5.85. The quantitative estimate of drug-likeness (QED) is 0.266. The summed E-state index contributed by atoms with van der Waals surface area (Å²) in [5.74, 6) is -0.174. The van der Waals surface area contributed by atoms with Crippen LogP contribution in [0, 0.1) is 5.41 Å². The minimum absolute atomic E-state index is 0.174. The van der Waals surface area contributed by atoms with Crippen LogP contribution in [-0.4, -0.2) is 31.0 Å². The minimum atomic E-state index is -3.46. The molecular weight excluding hydrogens is 414 g/mol. The highest BCUT2D eigenvalue weighted by atomic mass is 32.2. The van der Waals surface area contributed by atoms with E-state index >= 15 is 0 Å². The summed E-state index contributed by atoms with van der Waals surface area (Å²) >= 11 is 0. The van der Waals surface area contributed by atoms with E-state index in [0.717, 1.165) is 18.4 Å². The molecule has 1 heterocycles. The molecule has 0 unspecified atom stereocenters. The molecule has 1 amide bonds. The molecule has 1 aliphatic rings. The maximum absolute atomic E-state index is 12.7. The van der Waals surface area contributed by atoms with E-state index < -0.39 is 10.0 Å². The zero-order valence-electron chi connectivity index (χ0n) is 16.8. The van der Waals surface area contributed by atoms with Crippen molar-refractivity contribution in [1.29, 1.82) is 5.41 Å². The molecule has 0 spiro atoms. The number of pyridine rings is 1. The molecule has 1 aliphatic carbocycles. The zero-order valence-corrected chi connectivity index (χ0v) is 17.6. The molecule has 1 aromatic heterocycles. The summed E-state index contributed by atoms with van der Waals surface area (Å²) in [6.45, 7) is 0. The highest BCUT2D eigenvalue weighted by Gasteiger charge is 2.28. The Morgan fingerprint density at radius 2 is 1.81 bits per heavy atom. The average molecular weight is 438 g/mol. The Morgan fingerprint density at radius 1 is 1.06 bits per heavy atom. The van der Waals surface area contributed by atoms with Crippen molar-refractivity contribution >= 4 is 44.7 Å². The van der Waals surface area contributed by atoms with Crippen LogP contribution in [0.1, 0.15) is 25.7 Å². The molecule has 8 nitrogen and oxygen atoms in total. The molecule has 0 atom stereocenters. The predicted octanol–water partition coefficient (Wildman–Crippen LogP) is 3.68. The van der Waals surface area contributed by atoms with Gasteiger partial charge in [-0.25, -0.2) is 13.4 Å². The number of fused-ring (bicyclic) bond motifs is 1. The number of carbonyl (C=O) groups excluding carboxylic acids is 1. The number of anilines is 2. The van der Waals surface area contributed by atoms with E-state index in [-0.39, 0.29) is 11.2 Å². The van der Waals surface area contributed by atoms with E-state index in [4.69, 9.17) is 10.4 Å². The lowest BCUT2D eigenvalue weighted by Gasteiger charge is -2.15. The summed E-state index contributed by atoms with van der Waals surface area (Å²) in [6.07, 6.45) is 3.65. The highest BCUT2D eigenvalue weighted by Crippen LogP contribution is 2.31. The number of hydrogen-bond acceptors (Lipinski definition) is 5. The lowest BCUT2D eigenvalue weighted by Crippen LogP contribution is -2.28. The number of nitrogens with zero attached hydrogens (tertiary/aromatic N) is 1. The third-order valence-corrected chi connectivity index (χ3v) is 7.21. The second-order valence-corrected chi connectivity index (χ2v) is 9.43. The summed E-state index contributed by atoms with van der Waals surface area (Å²) in [6, 6.07) is 16.5. The number of sulfonamides is 1. The van der Waals surface area contributed by atoms with Crippen molar-refractivity contribution in [2.75, 3.05) is 10.0 Å². The van der Waals surface area contributed by atoms with Crippen LogP contribution >= 0.6 is 0 Å². The molecular formula is C22H23N5O3S. The van der Waals surface area contributed by atoms with Crippen LogP contribution < -0.4 is 15.4 Å². The lowest BCUT2D eigenvalue weighted by atomic mass is 10.1. The van der Waals surface area contributed by atoms with E-state index in [1.807, 2.05) is 30.3 Å². The number of guanidine groups is 1. The number of aromatic nitrogens is 1. The molecule has 0 saturated heterocycles. The van der Waals surface area contributed by atoms with E-state index in [0.29, 0.717) is 47.2 Å². The number of benzene rings is 2. The predicted molar refractivity (Wildman–Crippen MR) is 123 cm³/mol. The van der Waals surface area contributed by atoms with Crippen molar-refractivity contribution in [3.8, 4) is 11.3 Å². The molecule has 0 aliphatic heterocycles. The zero-order chi connectivity index (χ0) is 21.8. The second-order valence-electron chi connectivity index (χ2n) is 7.47. The highest BCUT2D eigenvalue weighted by molar-refractivity contribution is 7.93. The molecule has 1 saturated carbocycles. The van der Waals surface area contributed by atoms with Gasteiger partial charge in [-0.1, -0.05) is 43.2 Å². The molecule has 4 N–H and O–H groups in total. The van der Waals surface area contributed by atoms with Crippen LogP contribution in [0.4, 0.5) is 11.4 Å². The van der Waals surface area contributed by atoms with Crippen molar-refractivity contribution in [2.24, 2.45) is 0 Å². The molecule has 4 rings (SSSR count). The normalized spacial score (nSPS) is 14.3. The fraction of sp³-hybridized carbons (Fsp3) is 0.227. The van der Waals surface area contributed by atoms with E-state index in [2.05, 4.69) is 15.4 Å². The Bertz CT molecular complexity index is 1220. The van der Waals surface area contributed by atoms with Crippen molar-refractivity contribution < 1.29 is 13.2 Å². The Morgan fingerprint density at radius 3 is 2.52 bits per heavy atom. The molecule has 3 aromatic rings. The summed E-state index contributed by atoms with van der Waals surface area (Å²) in [4.78, 5) is 15.4. The number of amides is 1. The van der Waals surface area contributed by atoms with Crippen LogP contribution in [0.25, 0.3) is 22.2 Å². The van der Waals surface area contributed by atoms with Crippen LogP contribution in [-0.2, 0) is 14.8 Å². The number of carbonyl (C=O) groups is 1. The van der Waals surface area contributed by atoms with Gasteiger partial charge in [0, 0.05) is 10.9 Å². The SMILES string of the molecule is N=C(NC=O)Nc1cc(-c2ccccc2)nc2cc(NS(=O)(=O)C3CCCC3)ccc12. The topological polar surface area (TPSA) is 124 Å². The number of rotatable bonds is 6.